The van der Waals surface area contributed by atoms with Gasteiger partial charge in [-0.3, -0.25) is 0 Å². The van der Waals surface area contributed by atoms with Crippen molar-refractivity contribution < 1.29 is 34.1 Å². The van der Waals surface area contributed by atoms with E-state index < -0.39 is 0 Å². The molecule has 0 fully saturated rings. The van der Waals surface area contributed by atoms with Crippen LogP contribution in [0.2, 0.25) is 0 Å². The summed E-state index contributed by atoms with van der Waals surface area (Å²) in [6, 6.07) is 37.4. The van der Waals surface area contributed by atoms with Gasteiger partial charge in [-0.05, 0) is 0 Å². The van der Waals surface area contributed by atoms with Crippen LogP contribution in [0.15, 0.2) is 109 Å². The standard InChI is InChI=1S/C16H20.2C5H5.2Fe/c1(3-9-15-11-5-6-12-15)2-4-10-16-13-7-8-14-16;2*1-2-4-5-3-1;;/h5-8,11-14H,1-4,9-10H2;2*1-5H;;/q-2;2*-1;2*+2. The average Bonchev–Trinajstić information content (AvgIpc) is 3.48. The van der Waals surface area contributed by atoms with Crippen molar-refractivity contribution in [2.45, 2.75) is 38.5 Å². The van der Waals surface area contributed by atoms with Crippen LogP contribution < -0.4 is 0 Å². The Labute approximate surface area is 192 Å². The molecule has 0 N–H and O–H groups in total. The van der Waals surface area contributed by atoms with E-state index in [2.05, 4.69) is 48.5 Å². The molecular weight excluding hydrogens is 424 g/mol. The quantitative estimate of drug-likeness (QED) is 0.157. The minimum atomic E-state index is 0. The molecule has 28 heavy (non-hydrogen) atoms. The molecule has 0 bridgehead atoms. The molecule has 0 heterocycles. The summed E-state index contributed by atoms with van der Waals surface area (Å²) in [5, 5.41) is 0. The van der Waals surface area contributed by atoms with Gasteiger partial charge < -0.3 is 0 Å². The van der Waals surface area contributed by atoms with Gasteiger partial charge in [-0.15, -0.1) is 0 Å². The predicted molar refractivity (Wildman–Crippen MR) is 114 cm³/mol. The van der Waals surface area contributed by atoms with E-state index in [1.54, 1.807) is 0 Å². The van der Waals surface area contributed by atoms with E-state index in [1.807, 2.05) is 60.7 Å². The van der Waals surface area contributed by atoms with Crippen LogP contribution in [0.4, 0.5) is 0 Å². The summed E-state index contributed by atoms with van der Waals surface area (Å²) in [6.45, 7) is 0. The molecule has 0 aliphatic rings. The number of hydrogen-bond donors (Lipinski definition) is 0. The molecule has 2 heteroatoms. The molecule has 0 amide bonds. The van der Waals surface area contributed by atoms with E-state index in [4.69, 9.17) is 0 Å². The van der Waals surface area contributed by atoms with Crippen molar-refractivity contribution in [3.8, 4) is 0 Å². The molecule has 4 aromatic carbocycles. The first-order chi connectivity index (χ1) is 12.9. The first kappa shape index (κ1) is 26.4. The predicted octanol–water partition coefficient (Wildman–Crippen LogP) is 7.28. The number of rotatable bonds is 7. The van der Waals surface area contributed by atoms with E-state index in [-0.39, 0.29) is 34.1 Å². The van der Waals surface area contributed by atoms with Gasteiger partial charge in [0.2, 0.25) is 0 Å². The summed E-state index contributed by atoms with van der Waals surface area (Å²) in [6.07, 6.45) is 7.92. The summed E-state index contributed by atoms with van der Waals surface area (Å²) in [7, 11) is 0. The Hall–Kier alpha value is -1.56. The summed E-state index contributed by atoms with van der Waals surface area (Å²) in [5.41, 5.74) is 2.99. The second kappa shape index (κ2) is 18.8. The Kier molecular flexibility index (Phi) is 17.7. The molecule has 0 aromatic heterocycles. The Morgan fingerprint density at radius 1 is 0.429 bits per heavy atom. The number of aryl methyl sites for hydroxylation is 2. The van der Waals surface area contributed by atoms with Gasteiger partial charge in [0.1, 0.15) is 0 Å². The van der Waals surface area contributed by atoms with Crippen molar-refractivity contribution in [3.63, 3.8) is 0 Å². The van der Waals surface area contributed by atoms with Gasteiger partial charge in [0, 0.05) is 0 Å². The molecule has 0 atom stereocenters. The Morgan fingerprint density at radius 2 is 0.750 bits per heavy atom. The topological polar surface area (TPSA) is 0 Å². The minimum Gasteiger partial charge on any atom is -0.214 e. The number of hydrogen-bond acceptors (Lipinski definition) is 0. The monoisotopic (exact) mass is 454 g/mol. The van der Waals surface area contributed by atoms with E-state index in [0.29, 0.717) is 0 Å². The Bertz CT molecular complexity index is 588. The van der Waals surface area contributed by atoms with Crippen molar-refractivity contribution in [1.29, 1.82) is 0 Å². The van der Waals surface area contributed by atoms with Crippen LogP contribution >= 0.6 is 0 Å². The van der Waals surface area contributed by atoms with Gasteiger partial charge in [0.25, 0.3) is 0 Å². The zero-order valence-corrected chi connectivity index (χ0v) is 18.6. The normalized spacial score (nSPS) is 9.00. The molecule has 0 spiro atoms. The molecular formula is C26H30Fe2. The van der Waals surface area contributed by atoms with Crippen molar-refractivity contribution >= 4 is 0 Å². The fraction of sp³-hybridized carbons (Fsp3) is 0.231. The molecule has 0 saturated carbocycles. The van der Waals surface area contributed by atoms with E-state index in [1.165, 1.54) is 49.7 Å². The smallest absolute Gasteiger partial charge is 0.214 e. The molecule has 0 saturated heterocycles. The Balaban J connectivity index is 0.000000500. The maximum Gasteiger partial charge on any atom is 2.00 e. The van der Waals surface area contributed by atoms with E-state index in [0.717, 1.165) is 0 Å². The zero-order valence-electron chi connectivity index (χ0n) is 16.3. The van der Waals surface area contributed by atoms with E-state index >= 15 is 0 Å². The molecule has 0 radical (unpaired) electrons. The molecule has 4 rings (SSSR count). The molecule has 0 aliphatic carbocycles. The molecule has 0 aliphatic heterocycles. The molecule has 0 nitrogen and oxygen atoms in total. The van der Waals surface area contributed by atoms with Crippen LogP contribution in [0.3, 0.4) is 0 Å². The third-order valence-corrected chi connectivity index (χ3v) is 4.26. The zero-order chi connectivity index (χ0) is 18.1. The van der Waals surface area contributed by atoms with Gasteiger partial charge in [-0.25, -0.2) is 48.5 Å². The van der Waals surface area contributed by atoms with Crippen LogP contribution in [0.5, 0.6) is 0 Å². The summed E-state index contributed by atoms with van der Waals surface area (Å²) >= 11 is 0. The van der Waals surface area contributed by atoms with E-state index in [9.17, 15) is 0 Å². The average molecular weight is 454 g/mol. The van der Waals surface area contributed by atoms with Crippen LogP contribution in [0.1, 0.15) is 36.8 Å². The van der Waals surface area contributed by atoms with Crippen molar-refractivity contribution in [3.05, 3.63) is 120 Å². The van der Waals surface area contributed by atoms with Crippen molar-refractivity contribution in [2.24, 2.45) is 0 Å². The first-order valence-electron chi connectivity index (χ1n) is 9.70. The van der Waals surface area contributed by atoms with Gasteiger partial charge in [-0.2, -0.15) is 71.8 Å². The van der Waals surface area contributed by atoms with Crippen LogP contribution in [-0.4, -0.2) is 0 Å². The van der Waals surface area contributed by atoms with Crippen LogP contribution in [-0.2, 0) is 47.0 Å². The van der Waals surface area contributed by atoms with Crippen molar-refractivity contribution in [2.75, 3.05) is 0 Å². The summed E-state index contributed by atoms with van der Waals surface area (Å²) < 4.78 is 0. The summed E-state index contributed by atoms with van der Waals surface area (Å²) in [4.78, 5) is 0. The van der Waals surface area contributed by atoms with Crippen LogP contribution in [0.25, 0.3) is 0 Å². The third kappa shape index (κ3) is 13.6. The first-order valence-corrected chi connectivity index (χ1v) is 9.70. The SMILES string of the molecule is [Fe+2].[Fe+2].c1cc[c-](CCCCCC[c-]2cccc2)c1.c1cc[cH-]c1.c1cc[cH-]c1. The van der Waals surface area contributed by atoms with Crippen LogP contribution in [0, 0.1) is 0 Å². The van der Waals surface area contributed by atoms with Gasteiger partial charge in [0.05, 0.1) is 0 Å². The maximum atomic E-state index is 2.23. The molecule has 4 aromatic rings. The fourth-order valence-corrected chi connectivity index (χ4v) is 2.81. The number of unbranched alkanes of at least 4 members (excludes halogenated alkanes) is 3. The fourth-order valence-electron chi connectivity index (χ4n) is 2.81. The molecule has 150 valence electrons. The maximum absolute atomic E-state index is 2.23. The second-order valence-corrected chi connectivity index (χ2v) is 6.43. The van der Waals surface area contributed by atoms with Gasteiger partial charge >= 0.3 is 34.1 Å². The largest absolute Gasteiger partial charge is 2.00 e. The van der Waals surface area contributed by atoms with Gasteiger partial charge in [-0.1, -0.05) is 38.5 Å². The summed E-state index contributed by atoms with van der Waals surface area (Å²) in [5.74, 6) is 0. The third-order valence-electron chi connectivity index (χ3n) is 4.26. The Morgan fingerprint density at radius 3 is 1.00 bits per heavy atom. The second-order valence-electron chi connectivity index (χ2n) is 6.43. The van der Waals surface area contributed by atoms with Crippen molar-refractivity contribution in [1.82, 2.24) is 0 Å². The van der Waals surface area contributed by atoms with Gasteiger partial charge in [0.15, 0.2) is 0 Å². The molecule has 0 unspecified atom stereocenters. The minimum absolute atomic E-state index is 0.